The molecule has 0 amide bonds. The molecule has 0 aliphatic carbocycles. The Balaban J connectivity index is 1.55. The molecule has 0 bridgehead atoms. The third-order valence-corrected chi connectivity index (χ3v) is 6.96. The zero-order valence-corrected chi connectivity index (χ0v) is 20.7. The average molecular weight is 479 g/mol. The predicted molar refractivity (Wildman–Crippen MR) is 138 cm³/mol. The maximum Gasteiger partial charge on any atom is 0.132 e. The normalized spacial score (nSPS) is 24.7. The van der Waals surface area contributed by atoms with Gasteiger partial charge in [0.2, 0.25) is 0 Å². The maximum absolute atomic E-state index is 6.57. The van der Waals surface area contributed by atoms with E-state index >= 15 is 0 Å². The first-order chi connectivity index (χ1) is 16.7. The monoisotopic (exact) mass is 478 g/mol. The Morgan fingerprint density at radius 3 is 1.47 bits per heavy atom. The van der Waals surface area contributed by atoms with Gasteiger partial charge in [-0.3, -0.25) is 0 Å². The second-order valence-corrected chi connectivity index (χ2v) is 9.82. The van der Waals surface area contributed by atoms with Crippen LogP contribution in [0.4, 0.5) is 0 Å². The topological polar surface area (TPSA) is 36.9 Å². The van der Waals surface area contributed by atoms with Crippen molar-refractivity contribution >= 4 is 11.8 Å². The molecule has 1 aliphatic heterocycles. The van der Waals surface area contributed by atoms with E-state index in [1.807, 2.05) is 54.6 Å². The fourth-order valence-corrected chi connectivity index (χ4v) is 5.17. The zero-order chi connectivity index (χ0) is 23.6. The van der Waals surface area contributed by atoms with Crippen molar-refractivity contribution in [1.29, 1.82) is 0 Å². The maximum atomic E-state index is 6.57. The van der Waals surface area contributed by atoms with Gasteiger partial charge in [-0.2, -0.15) is 0 Å². The van der Waals surface area contributed by atoms with E-state index in [4.69, 9.17) is 18.9 Å². The minimum absolute atomic E-state index is 0.120. The van der Waals surface area contributed by atoms with Crippen molar-refractivity contribution in [3.8, 4) is 0 Å². The van der Waals surface area contributed by atoms with Crippen LogP contribution in [0.15, 0.2) is 91.0 Å². The Hall–Kier alpha value is -2.15. The molecule has 4 nitrogen and oxygen atoms in total. The number of rotatable bonds is 11. The predicted octanol–water partition coefficient (Wildman–Crippen LogP) is 6.24. The first-order valence-electron chi connectivity index (χ1n) is 12.0. The van der Waals surface area contributed by atoms with E-state index in [0.717, 1.165) is 22.4 Å². The van der Waals surface area contributed by atoms with Crippen LogP contribution >= 0.6 is 11.8 Å². The molecular formula is C29H34O4S. The molecule has 5 atom stereocenters. The van der Waals surface area contributed by atoms with Crippen molar-refractivity contribution in [2.24, 2.45) is 0 Å². The molecule has 0 saturated carbocycles. The summed E-state index contributed by atoms with van der Waals surface area (Å²) in [6, 6.07) is 30.7. The van der Waals surface area contributed by atoms with Crippen LogP contribution in [0.25, 0.3) is 0 Å². The lowest BCUT2D eigenvalue weighted by molar-refractivity contribution is -0.242. The summed E-state index contributed by atoms with van der Waals surface area (Å²) >= 11 is 1.76. The molecule has 0 spiro atoms. The van der Waals surface area contributed by atoms with Crippen molar-refractivity contribution in [1.82, 2.24) is 0 Å². The van der Waals surface area contributed by atoms with Gasteiger partial charge < -0.3 is 18.9 Å². The number of hydrogen-bond donors (Lipinski definition) is 0. The molecule has 1 heterocycles. The molecule has 5 heteroatoms. The molecule has 1 fully saturated rings. The van der Waals surface area contributed by atoms with Crippen LogP contribution in [0.1, 0.15) is 30.5 Å². The van der Waals surface area contributed by atoms with Gasteiger partial charge in [-0.25, -0.2) is 0 Å². The molecule has 0 radical (unpaired) electrons. The van der Waals surface area contributed by atoms with Crippen molar-refractivity contribution in [2.45, 2.75) is 63.5 Å². The zero-order valence-electron chi connectivity index (χ0n) is 19.9. The smallest absolute Gasteiger partial charge is 0.132 e. The van der Waals surface area contributed by atoms with Crippen LogP contribution in [0.5, 0.6) is 0 Å². The second kappa shape index (κ2) is 13.1. The van der Waals surface area contributed by atoms with Crippen LogP contribution in [0.3, 0.4) is 0 Å². The number of ether oxygens (including phenoxy) is 4. The molecule has 34 heavy (non-hydrogen) atoms. The average Bonchev–Trinajstić information content (AvgIpc) is 2.88. The van der Waals surface area contributed by atoms with Gasteiger partial charge in [0.05, 0.1) is 25.9 Å². The Kier molecular flexibility index (Phi) is 9.60. The summed E-state index contributed by atoms with van der Waals surface area (Å²) in [5, 5.41) is 0. The molecule has 0 aromatic heterocycles. The van der Waals surface area contributed by atoms with Gasteiger partial charge in [0.1, 0.15) is 23.7 Å². The van der Waals surface area contributed by atoms with Crippen molar-refractivity contribution in [2.75, 3.05) is 5.75 Å². The molecular weight excluding hydrogens is 444 g/mol. The number of benzene rings is 3. The Bertz CT molecular complexity index is 954. The summed E-state index contributed by atoms with van der Waals surface area (Å²) in [6.07, 6.45) is -0.894. The van der Waals surface area contributed by atoms with Crippen LogP contribution < -0.4 is 0 Å². The van der Waals surface area contributed by atoms with Gasteiger partial charge in [0.25, 0.3) is 0 Å². The highest BCUT2D eigenvalue weighted by Gasteiger charge is 2.46. The number of thioether (sulfide) groups is 1. The van der Waals surface area contributed by atoms with Gasteiger partial charge in [-0.05, 0) is 29.4 Å². The van der Waals surface area contributed by atoms with E-state index in [1.54, 1.807) is 11.8 Å². The van der Waals surface area contributed by atoms with E-state index < -0.39 is 0 Å². The fraction of sp³-hybridized carbons (Fsp3) is 0.379. The first-order valence-corrected chi connectivity index (χ1v) is 13.0. The molecule has 4 rings (SSSR count). The minimum Gasteiger partial charge on any atom is -0.368 e. The molecule has 0 N–H and O–H groups in total. The molecule has 3 aromatic rings. The van der Waals surface area contributed by atoms with E-state index in [1.165, 1.54) is 0 Å². The van der Waals surface area contributed by atoms with Crippen LogP contribution in [0, 0.1) is 0 Å². The van der Waals surface area contributed by atoms with Crippen molar-refractivity contribution in [3.63, 3.8) is 0 Å². The summed E-state index contributed by atoms with van der Waals surface area (Å²) in [5.41, 5.74) is 3.26. The van der Waals surface area contributed by atoms with E-state index in [9.17, 15) is 0 Å². The van der Waals surface area contributed by atoms with E-state index in [2.05, 4.69) is 50.2 Å². The third kappa shape index (κ3) is 6.94. The molecule has 0 unspecified atom stereocenters. The van der Waals surface area contributed by atoms with Crippen LogP contribution in [-0.4, -0.2) is 35.6 Å². The van der Waals surface area contributed by atoms with Gasteiger partial charge in [0.15, 0.2) is 0 Å². The first kappa shape index (κ1) is 25.0. The Labute approximate surface area is 207 Å². The summed E-state index contributed by atoms with van der Waals surface area (Å²) in [6.45, 7) is 5.72. The largest absolute Gasteiger partial charge is 0.368 e. The lowest BCUT2D eigenvalue weighted by Gasteiger charge is -2.45. The number of hydrogen-bond acceptors (Lipinski definition) is 5. The van der Waals surface area contributed by atoms with Crippen LogP contribution in [-0.2, 0) is 38.8 Å². The summed E-state index contributed by atoms with van der Waals surface area (Å²) in [5.74, 6) is 0.934. The van der Waals surface area contributed by atoms with E-state index in [-0.39, 0.29) is 29.9 Å². The minimum atomic E-state index is -0.263. The SMILES string of the molecule is CCS[C@@H]1O[C@H](C)[C@H](OCc2ccccc2)[C@H](OCc2ccccc2)[C@@H]1OCc1ccccc1. The summed E-state index contributed by atoms with van der Waals surface area (Å²) < 4.78 is 26.0. The lowest BCUT2D eigenvalue weighted by atomic mass is 9.99. The Morgan fingerprint density at radius 1 is 0.618 bits per heavy atom. The van der Waals surface area contributed by atoms with Gasteiger partial charge in [-0.1, -0.05) is 97.9 Å². The molecule has 3 aromatic carbocycles. The fourth-order valence-electron chi connectivity index (χ4n) is 4.17. The highest BCUT2D eigenvalue weighted by Crippen LogP contribution is 2.34. The summed E-state index contributed by atoms with van der Waals surface area (Å²) in [7, 11) is 0. The van der Waals surface area contributed by atoms with Gasteiger partial charge in [0, 0.05) is 0 Å². The van der Waals surface area contributed by atoms with Crippen molar-refractivity contribution < 1.29 is 18.9 Å². The standard InChI is InChI=1S/C29H34O4S/c1-3-34-29-28(32-21-25-17-11-6-12-18-25)27(31-20-24-15-9-5-10-16-24)26(22(2)33-29)30-19-23-13-7-4-8-14-23/h4-18,22,26-29H,3,19-21H2,1-2H3/t22-,26+,27+,28+,29+/m1/s1. The molecule has 1 aliphatic rings. The van der Waals surface area contributed by atoms with Gasteiger partial charge >= 0.3 is 0 Å². The third-order valence-electron chi connectivity index (χ3n) is 5.91. The van der Waals surface area contributed by atoms with Gasteiger partial charge in [-0.15, -0.1) is 11.8 Å². The van der Waals surface area contributed by atoms with Crippen molar-refractivity contribution in [3.05, 3.63) is 108 Å². The highest BCUT2D eigenvalue weighted by atomic mass is 32.2. The quantitative estimate of drug-likeness (QED) is 0.326. The second-order valence-electron chi connectivity index (χ2n) is 8.45. The van der Waals surface area contributed by atoms with E-state index in [0.29, 0.717) is 19.8 Å². The Morgan fingerprint density at radius 2 is 1.03 bits per heavy atom. The molecule has 180 valence electrons. The molecule has 1 saturated heterocycles. The van der Waals surface area contributed by atoms with Crippen LogP contribution in [0.2, 0.25) is 0 Å². The lowest BCUT2D eigenvalue weighted by Crippen LogP contribution is -2.58. The highest BCUT2D eigenvalue weighted by molar-refractivity contribution is 7.99. The summed E-state index contributed by atoms with van der Waals surface area (Å²) in [4.78, 5) is 0.